The van der Waals surface area contributed by atoms with Crippen molar-refractivity contribution in [3.05, 3.63) is 51.7 Å². The number of ether oxygens (including phenoxy) is 1. The molecule has 164 valence electrons. The lowest BCUT2D eigenvalue weighted by Crippen LogP contribution is -2.48. The number of aliphatic hydroxyl groups excluding tert-OH is 1. The van der Waals surface area contributed by atoms with Crippen LogP contribution < -0.4 is 4.74 Å². The number of aryl methyl sites for hydroxylation is 1. The summed E-state index contributed by atoms with van der Waals surface area (Å²) in [6.07, 6.45) is 0.433. The van der Waals surface area contributed by atoms with E-state index in [1.54, 1.807) is 18.3 Å². The molecule has 0 aliphatic carbocycles. The molecule has 2 atom stereocenters. The van der Waals surface area contributed by atoms with Crippen molar-refractivity contribution in [2.24, 2.45) is 5.92 Å². The molecule has 30 heavy (non-hydrogen) atoms. The Balaban J connectivity index is 1.73. The molecule has 2 aromatic rings. The fraction of sp³-hybridized carbons (Fsp3) is 0.542. The number of carbonyl (C=O) groups is 1. The fourth-order valence-corrected chi connectivity index (χ4v) is 4.99. The van der Waals surface area contributed by atoms with Crippen LogP contribution in [0.2, 0.25) is 0 Å². The summed E-state index contributed by atoms with van der Waals surface area (Å²) in [5, 5.41) is 12.0. The molecule has 5 nitrogen and oxygen atoms in total. The van der Waals surface area contributed by atoms with Crippen LogP contribution in [0.25, 0.3) is 0 Å². The first-order chi connectivity index (χ1) is 14.3. The average molecular weight is 431 g/mol. The predicted molar refractivity (Wildman–Crippen MR) is 122 cm³/mol. The minimum atomic E-state index is -0.456. The Hall–Kier alpha value is -1.89. The Morgan fingerprint density at radius 2 is 1.97 bits per heavy atom. The molecule has 0 spiro atoms. The number of fused-ring (bicyclic) bond motifs is 1. The van der Waals surface area contributed by atoms with Gasteiger partial charge < -0.3 is 14.7 Å². The lowest BCUT2D eigenvalue weighted by Gasteiger charge is -2.37. The number of rotatable bonds is 9. The quantitative estimate of drug-likeness (QED) is 0.656. The van der Waals surface area contributed by atoms with Crippen LogP contribution in [0.1, 0.15) is 42.8 Å². The molecule has 1 aliphatic heterocycles. The molecule has 1 N–H and O–H groups in total. The molecule has 2 unspecified atom stereocenters. The molecule has 0 bridgehead atoms. The van der Waals surface area contributed by atoms with Crippen LogP contribution in [0.5, 0.6) is 5.75 Å². The normalized spacial score (nSPS) is 17.3. The predicted octanol–water partition coefficient (Wildman–Crippen LogP) is 3.90. The van der Waals surface area contributed by atoms with Gasteiger partial charge >= 0.3 is 0 Å². The van der Waals surface area contributed by atoms with Crippen LogP contribution in [0.3, 0.4) is 0 Å². The molecule has 1 amide bonds. The van der Waals surface area contributed by atoms with Crippen LogP contribution in [0.15, 0.2) is 35.7 Å². The van der Waals surface area contributed by atoms with E-state index in [0.717, 1.165) is 18.7 Å². The Morgan fingerprint density at radius 1 is 1.23 bits per heavy atom. The molecule has 2 heterocycles. The summed E-state index contributed by atoms with van der Waals surface area (Å²) < 4.78 is 6.10. The summed E-state index contributed by atoms with van der Waals surface area (Å²) in [5.74, 6) is 1.36. The first-order valence-corrected chi connectivity index (χ1v) is 11.7. The van der Waals surface area contributed by atoms with E-state index in [1.165, 1.54) is 16.0 Å². The summed E-state index contributed by atoms with van der Waals surface area (Å²) in [6, 6.07) is 10.1. The molecule has 1 aliphatic rings. The Labute approximate surface area is 184 Å². The lowest BCUT2D eigenvalue weighted by atomic mass is 10.00. The van der Waals surface area contributed by atoms with Crippen LogP contribution in [-0.2, 0) is 11.2 Å². The van der Waals surface area contributed by atoms with E-state index in [9.17, 15) is 9.90 Å². The molecular weight excluding hydrogens is 396 g/mol. The van der Waals surface area contributed by atoms with Gasteiger partial charge in [0.15, 0.2) is 0 Å². The van der Waals surface area contributed by atoms with Gasteiger partial charge in [0, 0.05) is 24.5 Å². The molecule has 0 radical (unpaired) electrons. The largest absolute Gasteiger partial charge is 0.491 e. The van der Waals surface area contributed by atoms with Crippen LogP contribution in [-0.4, -0.2) is 59.7 Å². The number of nitrogens with zero attached hydrogens (tertiary/aromatic N) is 2. The van der Waals surface area contributed by atoms with Crippen molar-refractivity contribution < 1.29 is 14.6 Å². The third-order valence-corrected chi connectivity index (χ3v) is 6.35. The monoisotopic (exact) mass is 430 g/mol. The van der Waals surface area contributed by atoms with Gasteiger partial charge in [0.1, 0.15) is 12.4 Å². The minimum absolute atomic E-state index is 0.0822. The van der Waals surface area contributed by atoms with Crippen molar-refractivity contribution in [1.82, 2.24) is 9.80 Å². The second-order valence-electron chi connectivity index (χ2n) is 8.71. The Morgan fingerprint density at radius 3 is 2.63 bits per heavy atom. The van der Waals surface area contributed by atoms with Gasteiger partial charge in [-0.3, -0.25) is 9.69 Å². The molecule has 0 saturated heterocycles. The number of hydrogen-bond donors (Lipinski definition) is 1. The highest BCUT2D eigenvalue weighted by Crippen LogP contribution is 2.34. The highest BCUT2D eigenvalue weighted by molar-refractivity contribution is 7.10. The zero-order valence-electron chi connectivity index (χ0n) is 18.5. The van der Waals surface area contributed by atoms with Gasteiger partial charge in [-0.25, -0.2) is 0 Å². The topological polar surface area (TPSA) is 53.0 Å². The van der Waals surface area contributed by atoms with Gasteiger partial charge in [-0.1, -0.05) is 31.5 Å². The highest BCUT2D eigenvalue weighted by Gasteiger charge is 2.33. The van der Waals surface area contributed by atoms with Gasteiger partial charge in [-0.15, -0.1) is 11.3 Å². The van der Waals surface area contributed by atoms with Crippen LogP contribution in [0.4, 0.5) is 0 Å². The van der Waals surface area contributed by atoms with Crippen molar-refractivity contribution in [3.63, 3.8) is 0 Å². The first-order valence-electron chi connectivity index (χ1n) is 10.8. The van der Waals surface area contributed by atoms with Gasteiger partial charge in [-0.05, 0) is 55.3 Å². The first kappa shape index (κ1) is 22.8. The number of carbonyl (C=O) groups excluding carboxylic acids is 1. The average Bonchev–Trinajstić information content (AvgIpc) is 3.15. The minimum Gasteiger partial charge on any atom is -0.491 e. The van der Waals surface area contributed by atoms with Gasteiger partial charge in [0.25, 0.3) is 0 Å². The molecule has 0 saturated carbocycles. The third kappa shape index (κ3) is 6.06. The van der Waals surface area contributed by atoms with Gasteiger partial charge in [0.05, 0.1) is 18.7 Å². The standard InChI is InChI=1S/C24H34N2O3S/c1-17(2)13-25(14-19(4)27)15-24(28)26-11-9-23-21(10-12-30-23)22(26)16-29-20-7-5-18(3)6-8-20/h5-8,10,12,17,19,22,27H,9,11,13-16H2,1-4H3. The second-order valence-corrected chi connectivity index (χ2v) is 9.71. The van der Waals surface area contributed by atoms with E-state index in [4.69, 9.17) is 4.74 Å². The van der Waals surface area contributed by atoms with E-state index in [0.29, 0.717) is 32.2 Å². The maximum absolute atomic E-state index is 13.3. The molecule has 6 heteroatoms. The Bertz CT molecular complexity index is 806. The number of benzene rings is 1. The van der Waals surface area contributed by atoms with Crippen molar-refractivity contribution in [3.8, 4) is 5.75 Å². The number of hydrogen-bond acceptors (Lipinski definition) is 5. The van der Waals surface area contributed by atoms with E-state index in [-0.39, 0.29) is 11.9 Å². The molecule has 1 aromatic heterocycles. The zero-order valence-corrected chi connectivity index (χ0v) is 19.3. The number of aliphatic hydroxyl groups is 1. The fourth-order valence-electron chi connectivity index (χ4n) is 4.06. The summed E-state index contributed by atoms with van der Waals surface area (Å²) >= 11 is 1.76. The van der Waals surface area contributed by atoms with Gasteiger partial charge in [0.2, 0.25) is 5.91 Å². The summed E-state index contributed by atoms with van der Waals surface area (Å²) in [4.78, 5) is 18.7. The lowest BCUT2D eigenvalue weighted by molar-refractivity contribution is -0.136. The van der Waals surface area contributed by atoms with Crippen molar-refractivity contribution in [2.45, 2.75) is 46.3 Å². The molecule has 3 rings (SSSR count). The zero-order chi connectivity index (χ0) is 21.7. The summed E-state index contributed by atoms with van der Waals surface area (Å²) in [5.41, 5.74) is 2.40. The SMILES string of the molecule is Cc1ccc(OCC2c3ccsc3CCN2C(=O)CN(CC(C)C)CC(C)O)cc1. The smallest absolute Gasteiger partial charge is 0.237 e. The summed E-state index contributed by atoms with van der Waals surface area (Å²) in [6.45, 7) is 10.9. The van der Waals surface area contributed by atoms with E-state index in [2.05, 4.69) is 37.1 Å². The Kier molecular flexibility index (Phi) is 7.92. The van der Waals surface area contributed by atoms with Crippen LogP contribution >= 0.6 is 11.3 Å². The number of thiophene rings is 1. The van der Waals surface area contributed by atoms with E-state index in [1.807, 2.05) is 29.2 Å². The molecular formula is C24H34N2O3S. The van der Waals surface area contributed by atoms with Gasteiger partial charge in [-0.2, -0.15) is 0 Å². The molecule has 1 aromatic carbocycles. The van der Waals surface area contributed by atoms with Crippen molar-refractivity contribution in [1.29, 1.82) is 0 Å². The van der Waals surface area contributed by atoms with Crippen molar-refractivity contribution in [2.75, 3.05) is 32.8 Å². The van der Waals surface area contributed by atoms with Crippen LogP contribution in [0, 0.1) is 12.8 Å². The maximum atomic E-state index is 13.3. The highest BCUT2D eigenvalue weighted by atomic mass is 32.1. The van der Waals surface area contributed by atoms with E-state index >= 15 is 0 Å². The number of amides is 1. The molecule has 0 fully saturated rings. The summed E-state index contributed by atoms with van der Waals surface area (Å²) in [7, 11) is 0. The van der Waals surface area contributed by atoms with E-state index < -0.39 is 6.10 Å². The second kappa shape index (κ2) is 10.4. The third-order valence-electron chi connectivity index (χ3n) is 5.35. The maximum Gasteiger partial charge on any atom is 0.237 e. The van der Waals surface area contributed by atoms with Crippen molar-refractivity contribution >= 4 is 17.2 Å².